The molecule has 22 heavy (non-hydrogen) atoms. The summed E-state index contributed by atoms with van der Waals surface area (Å²) in [4.78, 5) is 14.4. The molecule has 1 aromatic carbocycles. The van der Waals surface area contributed by atoms with Crippen molar-refractivity contribution in [1.82, 2.24) is 4.90 Å². The van der Waals surface area contributed by atoms with Crippen LogP contribution in [-0.2, 0) is 9.53 Å². The second-order valence-corrected chi connectivity index (χ2v) is 6.10. The third kappa shape index (κ3) is 3.09. The molecule has 1 aromatic rings. The van der Waals surface area contributed by atoms with Crippen LogP contribution in [0.15, 0.2) is 24.3 Å². The highest BCUT2D eigenvalue weighted by Gasteiger charge is 2.47. The first kappa shape index (κ1) is 15.3. The fourth-order valence-corrected chi connectivity index (χ4v) is 3.73. The molecule has 0 radical (unpaired) electrons. The van der Waals surface area contributed by atoms with E-state index in [9.17, 15) is 9.18 Å². The number of ether oxygens (including phenoxy) is 2. The van der Waals surface area contributed by atoms with E-state index >= 15 is 0 Å². The van der Waals surface area contributed by atoms with Gasteiger partial charge in [0.05, 0.1) is 19.1 Å². The number of hydrogen-bond donors (Lipinski definition) is 0. The van der Waals surface area contributed by atoms with Gasteiger partial charge in [0, 0.05) is 13.2 Å². The standard InChI is InChI=1S/C17H22FNO3/c1-21-9-8-17(20)19-14-5-2-12(10-14)16(19)11-22-15-6-3-13(18)4-7-15/h3-4,6-7,12,14,16H,2,5,8-11H2,1H3/t12-,14-,16+/m1/s1. The number of nitrogens with zero attached hydrogens (tertiary/aromatic N) is 1. The predicted molar refractivity (Wildman–Crippen MR) is 80.2 cm³/mol. The zero-order chi connectivity index (χ0) is 15.5. The van der Waals surface area contributed by atoms with Crippen molar-refractivity contribution in [3.05, 3.63) is 30.1 Å². The summed E-state index contributed by atoms with van der Waals surface area (Å²) in [5.41, 5.74) is 0. The van der Waals surface area contributed by atoms with E-state index < -0.39 is 0 Å². The second kappa shape index (κ2) is 6.65. The van der Waals surface area contributed by atoms with Crippen LogP contribution in [0.3, 0.4) is 0 Å². The summed E-state index contributed by atoms with van der Waals surface area (Å²) in [5, 5.41) is 0. The molecular weight excluding hydrogens is 285 g/mol. The van der Waals surface area contributed by atoms with E-state index in [4.69, 9.17) is 9.47 Å². The zero-order valence-corrected chi connectivity index (χ0v) is 12.8. The topological polar surface area (TPSA) is 38.8 Å². The Balaban J connectivity index is 1.62. The van der Waals surface area contributed by atoms with Crippen LogP contribution in [0.2, 0.25) is 0 Å². The minimum Gasteiger partial charge on any atom is -0.491 e. The van der Waals surface area contributed by atoms with Gasteiger partial charge in [-0.2, -0.15) is 0 Å². The van der Waals surface area contributed by atoms with E-state index in [1.165, 1.54) is 12.1 Å². The number of likely N-dealkylation sites (tertiary alicyclic amines) is 1. The highest BCUT2D eigenvalue weighted by atomic mass is 19.1. The molecule has 3 rings (SSSR count). The van der Waals surface area contributed by atoms with E-state index in [0.29, 0.717) is 37.3 Å². The fourth-order valence-electron chi connectivity index (χ4n) is 3.73. The van der Waals surface area contributed by atoms with Gasteiger partial charge in [-0.3, -0.25) is 4.79 Å². The smallest absolute Gasteiger partial charge is 0.225 e. The van der Waals surface area contributed by atoms with Gasteiger partial charge in [0.15, 0.2) is 0 Å². The molecule has 1 heterocycles. The normalized spacial score (nSPS) is 26.5. The Morgan fingerprint density at radius 1 is 1.32 bits per heavy atom. The predicted octanol–water partition coefficient (Wildman–Crippen LogP) is 2.62. The zero-order valence-electron chi connectivity index (χ0n) is 12.8. The molecule has 1 aliphatic heterocycles. The van der Waals surface area contributed by atoms with Gasteiger partial charge in [-0.25, -0.2) is 4.39 Å². The van der Waals surface area contributed by atoms with Crippen LogP contribution in [0.5, 0.6) is 5.75 Å². The molecular formula is C17H22FNO3. The van der Waals surface area contributed by atoms with Gasteiger partial charge in [-0.15, -0.1) is 0 Å². The lowest BCUT2D eigenvalue weighted by molar-refractivity contribution is -0.137. The average Bonchev–Trinajstić information content (AvgIpc) is 3.13. The summed E-state index contributed by atoms with van der Waals surface area (Å²) in [5.74, 6) is 1.05. The van der Waals surface area contributed by atoms with Gasteiger partial charge in [0.1, 0.15) is 18.2 Å². The molecule has 120 valence electrons. The first-order valence-electron chi connectivity index (χ1n) is 7.87. The number of halogens is 1. The van der Waals surface area contributed by atoms with Gasteiger partial charge in [-0.05, 0) is 49.4 Å². The van der Waals surface area contributed by atoms with E-state index in [1.807, 2.05) is 4.90 Å². The van der Waals surface area contributed by atoms with Crippen molar-refractivity contribution in [3.63, 3.8) is 0 Å². The number of carbonyl (C=O) groups excluding carboxylic acids is 1. The molecule has 2 fully saturated rings. The van der Waals surface area contributed by atoms with Crippen molar-refractivity contribution in [2.24, 2.45) is 5.92 Å². The Hall–Kier alpha value is -1.62. The van der Waals surface area contributed by atoms with Crippen LogP contribution in [-0.4, -0.2) is 43.2 Å². The third-order valence-electron chi connectivity index (χ3n) is 4.78. The number of rotatable bonds is 6. The molecule has 2 aliphatic rings. The summed E-state index contributed by atoms with van der Waals surface area (Å²) in [6, 6.07) is 6.51. The van der Waals surface area contributed by atoms with Gasteiger partial charge in [0.25, 0.3) is 0 Å². The van der Waals surface area contributed by atoms with Crippen LogP contribution in [0.4, 0.5) is 4.39 Å². The van der Waals surface area contributed by atoms with Crippen molar-refractivity contribution in [3.8, 4) is 5.75 Å². The van der Waals surface area contributed by atoms with E-state index in [0.717, 1.165) is 19.3 Å². The summed E-state index contributed by atoms with van der Waals surface area (Å²) < 4.78 is 23.7. The van der Waals surface area contributed by atoms with Crippen molar-refractivity contribution in [2.45, 2.75) is 37.8 Å². The minimum atomic E-state index is -0.274. The molecule has 1 aliphatic carbocycles. The van der Waals surface area contributed by atoms with Crippen LogP contribution in [0.1, 0.15) is 25.7 Å². The van der Waals surface area contributed by atoms with E-state index in [-0.39, 0.29) is 17.8 Å². The van der Waals surface area contributed by atoms with Crippen LogP contribution in [0, 0.1) is 11.7 Å². The first-order chi connectivity index (χ1) is 10.7. The third-order valence-corrected chi connectivity index (χ3v) is 4.78. The van der Waals surface area contributed by atoms with Crippen molar-refractivity contribution in [1.29, 1.82) is 0 Å². The Morgan fingerprint density at radius 2 is 2.09 bits per heavy atom. The second-order valence-electron chi connectivity index (χ2n) is 6.10. The number of methoxy groups -OCH3 is 1. The number of hydrogen-bond acceptors (Lipinski definition) is 3. The lowest BCUT2D eigenvalue weighted by atomic mass is 9.99. The molecule has 1 saturated carbocycles. The van der Waals surface area contributed by atoms with Gasteiger partial charge in [-0.1, -0.05) is 0 Å². The molecule has 0 spiro atoms. The Kier molecular flexibility index (Phi) is 4.62. The molecule has 4 nitrogen and oxygen atoms in total. The molecule has 0 aromatic heterocycles. The van der Waals surface area contributed by atoms with Crippen LogP contribution < -0.4 is 4.74 Å². The highest BCUT2D eigenvalue weighted by molar-refractivity contribution is 5.77. The molecule has 3 atom stereocenters. The van der Waals surface area contributed by atoms with Crippen molar-refractivity contribution < 1.29 is 18.7 Å². The Labute approximate surface area is 130 Å². The molecule has 5 heteroatoms. The van der Waals surface area contributed by atoms with E-state index in [1.54, 1.807) is 19.2 Å². The van der Waals surface area contributed by atoms with Crippen molar-refractivity contribution in [2.75, 3.05) is 20.3 Å². The molecule has 0 unspecified atom stereocenters. The van der Waals surface area contributed by atoms with E-state index in [2.05, 4.69) is 0 Å². The number of fused-ring (bicyclic) bond motifs is 2. The summed E-state index contributed by atoms with van der Waals surface area (Å²) in [6.45, 7) is 0.934. The lowest BCUT2D eigenvalue weighted by Crippen LogP contribution is -2.48. The minimum absolute atomic E-state index is 0.133. The number of amides is 1. The van der Waals surface area contributed by atoms with Gasteiger partial charge in [0.2, 0.25) is 5.91 Å². The molecule has 0 N–H and O–H groups in total. The quantitative estimate of drug-likeness (QED) is 0.811. The number of carbonyl (C=O) groups is 1. The monoisotopic (exact) mass is 307 g/mol. The molecule has 2 bridgehead atoms. The van der Waals surface area contributed by atoms with Gasteiger partial charge < -0.3 is 14.4 Å². The maximum absolute atomic E-state index is 12.9. The lowest BCUT2D eigenvalue weighted by Gasteiger charge is -2.35. The highest BCUT2D eigenvalue weighted by Crippen LogP contribution is 2.42. The first-order valence-corrected chi connectivity index (χ1v) is 7.87. The summed E-state index contributed by atoms with van der Waals surface area (Å²) in [7, 11) is 1.61. The van der Waals surface area contributed by atoms with Crippen LogP contribution >= 0.6 is 0 Å². The van der Waals surface area contributed by atoms with Crippen molar-refractivity contribution >= 4 is 5.91 Å². The van der Waals surface area contributed by atoms with Gasteiger partial charge >= 0.3 is 0 Å². The molecule has 1 saturated heterocycles. The maximum atomic E-state index is 12.9. The average molecular weight is 307 g/mol. The Bertz CT molecular complexity index is 519. The molecule has 1 amide bonds. The largest absolute Gasteiger partial charge is 0.491 e. The number of piperidine rings is 1. The summed E-state index contributed by atoms with van der Waals surface area (Å²) in [6.07, 6.45) is 3.76. The van der Waals surface area contributed by atoms with Crippen LogP contribution in [0.25, 0.3) is 0 Å². The number of benzene rings is 1. The maximum Gasteiger partial charge on any atom is 0.225 e. The fraction of sp³-hybridized carbons (Fsp3) is 0.588. The Morgan fingerprint density at radius 3 is 2.82 bits per heavy atom. The summed E-state index contributed by atoms with van der Waals surface area (Å²) >= 11 is 0. The SMILES string of the molecule is COCCC(=O)N1[C@@H]2CC[C@H](C2)[C@@H]1COc1ccc(F)cc1.